The zero-order valence-corrected chi connectivity index (χ0v) is 17.3. The van der Waals surface area contributed by atoms with E-state index in [1.54, 1.807) is 12.1 Å². The second-order valence-electron chi connectivity index (χ2n) is 7.99. The molecular weight excluding hydrogens is 362 g/mol. The Morgan fingerprint density at radius 1 is 1.11 bits per heavy atom. The quantitative estimate of drug-likeness (QED) is 0.850. The molecule has 2 heterocycles. The van der Waals surface area contributed by atoms with Gasteiger partial charge in [-0.2, -0.15) is 4.31 Å². The first-order valence-electron chi connectivity index (χ1n) is 9.92. The predicted molar refractivity (Wildman–Crippen MR) is 106 cm³/mol. The van der Waals surface area contributed by atoms with E-state index in [1.165, 1.54) is 4.31 Å². The normalized spacial score (nSPS) is 23.0. The van der Waals surface area contributed by atoms with Crippen LogP contribution in [0.3, 0.4) is 0 Å². The molecule has 0 radical (unpaired) electrons. The summed E-state index contributed by atoms with van der Waals surface area (Å²) in [5, 5.41) is 3.30. The molecule has 2 saturated heterocycles. The van der Waals surface area contributed by atoms with Crippen molar-refractivity contribution in [1.82, 2.24) is 14.5 Å². The largest absolute Gasteiger partial charge is 0.337 e. The molecule has 0 saturated carbocycles. The molecule has 0 aromatic heterocycles. The molecule has 1 atom stereocenters. The zero-order valence-electron chi connectivity index (χ0n) is 16.5. The summed E-state index contributed by atoms with van der Waals surface area (Å²) in [5.74, 6) is 0.485. The number of carbonyl (C=O) groups excluding carboxylic acids is 1. The fourth-order valence-corrected chi connectivity index (χ4v) is 5.39. The number of nitrogens with zero attached hydrogens (tertiary/aromatic N) is 2. The highest BCUT2D eigenvalue weighted by Crippen LogP contribution is 2.27. The van der Waals surface area contributed by atoms with Crippen molar-refractivity contribution in [2.24, 2.45) is 5.92 Å². The topological polar surface area (TPSA) is 69.7 Å². The van der Waals surface area contributed by atoms with E-state index >= 15 is 0 Å². The molecular formula is C20H31N3O3S. The van der Waals surface area contributed by atoms with E-state index in [9.17, 15) is 13.2 Å². The van der Waals surface area contributed by atoms with Gasteiger partial charge in [0, 0.05) is 44.7 Å². The number of amides is 1. The zero-order chi connectivity index (χ0) is 19.6. The fourth-order valence-electron chi connectivity index (χ4n) is 3.92. The molecule has 1 aromatic rings. The van der Waals surface area contributed by atoms with E-state index in [2.05, 4.69) is 26.1 Å². The standard InChI is InChI=1S/C20H31N3O3S/c1-15(2)17-4-6-19(7-5-17)27(25,26)22-11-8-18(9-12-22)20(24)23-13-10-21-14-16(23)3/h4-7,15-16,18,21H,8-14H2,1-3H3/t16-/m0/s1. The Kier molecular flexibility index (Phi) is 6.23. The van der Waals surface area contributed by atoms with Gasteiger partial charge >= 0.3 is 0 Å². The lowest BCUT2D eigenvalue weighted by molar-refractivity contribution is -0.139. The molecule has 2 aliphatic heterocycles. The van der Waals surface area contributed by atoms with Crippen molar-refractivity contribution in [2.45, 2.75) is 50.5 Å². The number of sulfonamides is 1. The summed E-state index contributed by atoms with van der Waals surface area (Å²) >= 11 is 0. The molecule has 7 heteroatoms. The number of benzene rings is 1. The summed E-state index contributed by atoms with van der Waals surface area (Å²) in [6.45, 7) is 9.44. The van der Waals surface area contributed by atoms with Gasteiger partial charge in [-0.1, -0.05) is 26.0 Å². The van der Waals surface area contributed by atoms with Crippen molar-refractivity contribution in [1.29, 1.82) is 0 Å². The molecule has 27 heavy (non-hydrogen) atoms. The summed E-state index contributed by atoms with van der Waals surface area (Å²) in [5.41, 5.74) is 1.13. The van der Waals surface area contributed by atoms with E-state index in [0.29, 0.717) is 36.7 Å². The summed E-state index contributed by atoms with van der Waals surface area (Å²) < 4.78 is 27.4. The van der Waals surface area contributed by atoms with Gasteiger partial charge in [0.05, 0.1) is 4.90 Å². The van der Waals surface area contributed by atoms with Crippen molar-refractivity contribution in [2.75, 3.05) is 32.7 Å². The van der Waals surface area contributed by atoms with Crippen molar-refractivity contribution in [3.8, 4) is 0 Å². The maximum Gasteiger partial charge on any atom is 0.243 e. The number of nitrogens with one attached hydrogen (secondary N) is 1. The minimum atomic E-state index is -3.49. The third kappa shape index (κ3) is 4.36. The van der Waals surface area contributed by atoms with Crippen LogP contribution < -0.4 is 5.32 Å². The Bertz CT molecular complexity index is 753. The molecule has 2 fully saturated rings. The SMILES string of the molecule is CC(C)c1ccc(S(=O)(=O)N2CCC(C(=O)N3CCNC[C@@H]3C)CC2)cc1. The summed E-state index contributed by atoms with van der Waals surface area (Å²) in [4.78, 5) is 15.1. The summed E-state index contributed by atoms with van der Waals surface area (Å²) in [6.07, 6.45) is 1.19. The van der Waals surface area contributed by atoms with Crippen LogP contribution >= 0.6 is 0 Å². The summed E-state index contributed by atoms with van der Waals surface area (Å²) in [6, 6.07) is 7.38. The molecule has 0 spiro atoms. The number of hydrogen-bond donors (Lipinski definition) is 1. The smallest absolute Gasteiger partial charge is 0.243 e. The van der Waals surface area contributed by atoms with Crippen LogP contribution in [0, 0.1) is 5.92 Å². The van der Waals surface area contributed by atoms with Crippen LogP contribution in [0.5, 0.6) is 0 Å². The average Bonchev–Trinajstić information content (AvgIpc) is 2.68. The molecule has 150 valence electrons. The van der Waals surface area contributed by atoms with Crippen LogP contribution in [0.1, 0.15) is 45.1 Å². The van der Waals surface area contributed by atoms with Crippen molar-refractivity contribution in [3.05, 3.63) is 29.8 Å². The van der Waals surface area contributed by atoms with E-state index in [0.717, 1.165) is 25.2 Å². The van der Waals surface area contributed by atoms with Crippen LogP contribution in [0.4, 0.5) is 0 Å². The second-order valence-corrected chi connectivity index (χ2v) is 9.92. The maximum atomic E-state index is 12.9. The predicted octanol–water partition coefficient (Wildman–Crippen LogP) is 2.03. The average molecular weight is 394 g/mol. The van der Waals surface area contributed by atoms with Crippen molar-refractivity contribution in [3.63, 3.8) is 0 Å². The van der Waals surface area contributed by atoms with Crippen LogP contribution in [-0.2, 0) is 14.8 Å². The van der Waals surface area contributed by atoms with E-state index in [-0.39, 0.29) is 17.9 Å². The van der Waals surface area contributed by atoms with Gasteiger partial charge in [0.15, 0.2) is 0 Å². The van der Waals surface area contributed by atoms with Crippen LogP contribution in [0.2, 0.25) is 0 Å². The minimum Gasteiger partial charge on any atom is -0.337 e. The molecule has 1 N–H and O–H groups in total. The van der Waals surface area contributed by atoms with Gasteiger partial charge in [-0.15, -0.1) is 0 Å². The molecule has 0 aliphatic carbocycles. The van der Waals surface area contributed by atoms with Crippen LogP contribution in [0.15, 0.2) is 29.2 Å². The van der Waals surface area contributed by atoms with Crippen molar-refractivity contribution < 1.29 is 13.2 Å². The Morgan fingerprint density at radius 3 is 2.30 bits per heavy atom. The number of piperidine rings is 1. The lowest BCUT2D eigenvalue weighted by Gasteiger charge is -2.38. The van der Waals surface area contributed by atoms with E-state index in [4.69, 9.17) is 0 Å². The number of piperazine rings is 1. The third-order valence-electron chi connectivity index (χ3n) is 5.77. The van der Waals surface area contributed by atoms with Crippen molar-refractivity contribution >= 4 is 15.9 Å². The van der Waals surface area contributed by atoms with Gasteiger partial charge < -0.3 is 10.2 Å². The molecule has 3 rings (SSSR count). The molecule has 1 amide bonds. The van der Waals surface area contributed by atoms with Gasteiger partial charge in [-0.25, -0.2) is 8.42 Å². The highest BCUT2D eigenvalue weighted by atomic mass is 32.2. The lowest BCUT2D eigenvalue weighted by Crippen LogP contribution is -2.55. The molecule has 6 nitrogen and oxygen atoms in total. The molecule has 1 aromatic carbocycles. The molecule has 0 unspecified atom stereocenters. The lowest BCUT2D eigenvalue weighted by atomic mass is 9.95. The Morgan fingerprint density at radius 2 is 1.74 bits per heavy atom. The van der Waals surface area contributed by atoms with E-state index in [1.807, 2.05) is 17.0 Å². The molecule has 0 bridgehead atoms. The Hall–Kier alpha value is -1.44. The van der Waals surface area contributed by atoms with Gasteiger partial charge in [0.25, 0.3) is 0 Å². The highest BCUT2D eigenvalue weighted by Gasteiger charge is 2.35. The van der Waals surface area contributed by atoms with Crippen LogP contribution in [-0.4, -0.2) is 62.3 Å². The first-order valence-corrected chi connectivity index (χ1v) is 11.4. The number of carbonyl (C=O) groups is 1. The van der Waals surface area contributed by atoms with Gasteiger partial charge in [0.1, 0.15) is 0 Å². The minimum absolute atomic E-state index is 0.0692. The summed E-state index contributed by atoms with van der Waals surface area (Å²) in [7, 11) is -3.49. The van der Waals surface area contributed by atoms with Gasteiger partial charge in [-0.05, 0) is 43.4 Å². The number of hydrogen-bond acceptors (Lipinski definition) is 4. The number of rotatable bonds is 4. The highest BCUT2D eigenvalue weighted by molar-refractivity contribution is 7.89. The fraction of sp³-hybridized carbons (Fsp3) is 0.650. The third-order valence-corrected chi connectivity index (χ3v) is 7.68. The van der Waals surface area contributed by atoms with E-state index < -0.39 is 10.0 Å². The first-order chi connectivity index (χ1) is 12.8. The maximum absolute atomic E-state index is 12.9. The van der Waals surface area contributed by atoms with Gasteiger partial charge in [-0.3, -0.25) is 4.79 Å². The monoisotopic (exact) mass is 393 g/mol. The Balaban J connectivity index is 1.63. The molecule has 2 aliphatic rings. The first kappa shape index (κ1) is 20.3. The Labute approximate surface area is 163 Å². The van der Waals surface area contributed by atoms with Crippen LogP contribution in [0.25, 0.3) is 0 Å². The second kappa shape index (κ2) is 8.29. The van der Waals surface area contributed by atoms with Gasteiger partial charge in [0.2, 0.25) is 15.9 Å².